The van der Waals surface area contributed by atoms with E-state index in [1.807, 2.05) is 30.0 Å². The summed E-state index contributed by atoms with van der Waals surface area (Å²) in [6.45, 7) is 9.00. The Balaban J connectivity index is 1.57. The Labute approximate surface area is 158 Å². The van der Waals surface area contributed by atoms with Gasteiger partial charge in [0.2, 0.25) is 17.7 Å². The van der Waals surface area contributed by atoms with Crippen LogP contribution in [0.15, 0.2) is 0 Å². The highest BCUT2D eigenvalue weighted by Crippen LogP contribution is 2.18. The molecule has 0 aromatic carbocycles. The van der Waals surface area contributed by atoms with E-state index in [9.17, 15) is 0 Å². The van der Waals surface area contributed by atoms with Crippen LogP contribution in [-0.4, -0.2) is 53.8 Å². The smallest absolute Gasteiger partial charge is 0.244 e. The average molecular weight is 369 g/mol. The molecular formula is C18H27N9. The SMILES string of the molecule is CCNc1nc(CCc2nc(N3CCCC3)nn2C)nc2nc(C)c(C)n12. The lowest BCUT2D eigenvalue weighted by Crippen LogP contribution is -2.19. The zero-order valence-corrected chi connectivity index (χ0v) is 16.5. The van der Waals surface area contributed by atoms with Gasteiger partial charge in [0.15, 0.2) is 0 Å². The Kier molecular flexibility index (Phi) is 4.67. The molecule has 4 heterocycles. The van der Waals surface area contributed by atoms with Gasteiger partial charge in [-0.2, -0.15) is 15.0 Å². The predicted octanol–water partition coefficient (Wildman–Crippen LogP) is 1.69. The van der Waals surface area contributed by atoms with E-state index in [0.29, 0.717) is 12.2 Å². The summed E-state index contributed by atoms with van der Waals surface area (Å²) in [5.74, 6) is 4.07. The molecule has 0 atom stereocenters. The number of anilines is 2. The van der Waals surface area contributed by atoms with Crippen LogP contribution in [0.25, 0.3) is 5.78 Å². The first-order valence-corrected chi connectivity index (χ1v) is 9.68. The van der Waals surface area contributed by atoms with Crippen molar-refractivity contribution < 1.29 is 0 Å². The molecule has 0 saturated carbocycles. The van der Waals surface area contributed by atoms with E-state index in [-0.39, 0.29) is 0 Å². The number of fused-ring (bicyclic) bond motifs is 1. The van der Waals surface area contributed by atoms with Crippen molar-refractivity contribution in [1.29, 1.82) is 0 Å². The monoisotopic (exact) mass is 369 g/mol. The van der Waals surface area contributed by atoms with Crippen LogP contribution in [0.1, 0.15) is 42.8 Å². The van der Waals surface area contributed by atoms with Gasteiger partial charge in [-0.15, -0.1) is 5.10 Å². The highest BCUT2D eigenvalue weighted by atomic mass is 15.4. The summed E-state index contributed by atoms with van der Waals surface area (Å²) in [7, 11) is 1.96. The second kappa shape index (κ2) is 7.13. The number of aryl methyl sites for hydroxylation is 5. The van der Waals surface area contributed by atoms with Gasteiger partial charge in [-0.05, 0) is 33.6 Å². The molecular weight excluding hydrogens is 342 g/mol. The second-order valence-electron chi connectivity index (χ2n) is 7.06. The molecule has 3 aromatic heterocycles. The zero-order valence-electron chi connectivity index (χ0n) is 16.5. The van der Waals surface area contributed by atoms with Crippen LogP contribution in [0.4, 0.5) is 11.9 Å². The molecule has 1 N–H and O–H groups in total. The molecule has 1 fully saturated rings. The van der Waals surface area contributed by atoms with Crippen molar-refractivity contribution in [3.8, 4) is 0 Å². The molecule has 1 aliphatic rings. The third kappa shape index (κ3) is 3.33. The topological polar surface area (TPSA) is 89.1 Å². The van der Waals surface area contributed by atoms with E-state index in [0.717, 1.165) is 61.0 Å². The van der Waals surface area contributed by atoms with Gasteiger partial charge in [0.05, 0.1) is 5.69 Å². The van der Waals surface area contributed by atoms with E-state index in [4.69, 9.17) is 9.97 Å². The van der Waals surface area contributed by atoms with Crippen LogP contribution in [0.5, 0.6) is 0 Å². The fourth-order valence-electron chi connectivity index (χ4n) is 3.52. The molecule has 144 valence electrons. The average Bonchev–Trinajstić information content (AvgIpc) is 3.34. The molecule has 0 radical (unpaired) electrons. The van der Waals surface area contributed by atoms with E-state index < -0.39 is 0 Å². The first kappa shape index (κ1) is 17.7. The van der Waals surface area contributed by atoms with Crippen LogP contribution >= 0.6 is 0 Å². The standard InChI is InChI=1S/C18H27N9/c1-5-19-16-21-14(22-17-20-12(2)13(3)27(16)17)8-9-15-23-18(24-25(15)4)26-10-6-7-11-26/h5-11H2,1-4H3,(H,19,20,21,22). The zero-order chi connectivity index (χ0) is 19.0. The van der Waals surface area contributed by atoms with Crippen LogP contribution in [0.2, 0.25) is 0 Å². The molecule has 9 nitrogen and oxygen atoms in total. The van der Waals surface area contributed by atoms with Gasteiger partial charge in [0.25, 0.3) is 0 Å². The first-order chi connectivity index (χ1) is 13.1. The molecule has 4 rings (SSSR count). The lowest BCUT2D eigenvalue weighted by molar-refractivity contribution is 0.681. The molecule has 1 aliphatic heterocycles. The summed E-state index contributed by atoms with van der Waals surface area (Å²) < 4.78 is 3.86. The number of aromatic nitrogens is 7. The Bertz CT molecular complexity index is 950. The summed E-state index contributed by atoms with van der Waals surface area (Å²) in [5.41, 5.74) is 2.04. The molecule has 0 aliphatic carbocycles. The molecule has 0 unspecified atom stereocenters. The normalized spacial score (nSPS) is 14.4. The summed E-state index contributed by atoms with van der Waals surface area (Å²) in [6.07, 6.45) is 3.89. The van der Waals surface area contributed by atoms with E-state index in [2.05, 4.69) is 32.2 Å². The van der Waals surface area contributed by atoms with Gasteiger partial charge in [-0.25, -0.2) is 4.98 Å². The second-order valence-corrected chi connectivity index (χ2v) is 7.06. The van der Waals surface area contributed by atoms with Gasteiger partial charge in [0, 0.05) is 45.2 Å². The van der Waals surface area contributed by atoms with Gasteiger partial charge < -0.3 is 10.2 Å². The summed E-state index contributed by atoms with van der Waals surface area (Å²) in [5, 5.41) is 7.91. The summed E-state index contributed by atoms with van der Waals surface area (Å²) in [6, 6.07) is 0. The number of nitrogens with zero attached hydrogens (tertiary/aromatic N) is 8. The lowest BCUT2D eigenvalue weighted by Gasteiger charge is -2.10. The molecule has 0 bridgehead atoms. The minimum absolute atomic E-state index is 0.696. The highest BCUT2D eigenvalue weighted by molar-refractivity contribution is 5.44. The van der Waals surface area contributed by atoms with Gasteiger partial charge in [-0.3, -0.25) is 9.08 Å². The number of hydrogen-bond donors (Lipinski definition) is 1. The first-order valence-electron chi connectivity index (χ1n) is 9.68. The van der Waals surface area contributed by atoms with Gasteiger partial charge in [0.1, 0.15) is 11.6 Å². The molecule has 0 amide bonds. The molecule has 3 aromatic rings. The van der Waals surface area contributed by atoms with Crippen molar-refractivity contribution in [2.24, 2.45) is 7.05 Å². The maximum atomic E-state index is 4.73. The largest absolute Gasteiger partial charge is 0.356 e. The number of nitrogens with one attached hydrogen (secondary N) is 1. The van der Waals surface area contributed by atoms with Crippen LogP contribution in [-0.2, 0) is 19.9 Å². The number of imidazole rings is 1. The van der Waals surface area contributed by atoms with Crippen molar-refractivity contribution in [1.82, 2.24) is 34.1 Å². The fourth-order valence-corrected chi connectivity index (χ4v) is 3.52. The minimum atomic E-state index is 0.696. The predicted molar refractivity (Wildman–Crippen MR) is 104 cm³/mol. The van der Waals surface area contributed by atoms with Crippen LogP contribution in [0.3, 0.4) is 0 Å². The lowest BCUT2D eigenvalue weighted by atomic mass is 10.3. The maximum absolute atomic E-state index is 4.73. The molecule has 27 heavy (non-hydrogen) atoms. The Morgan fingerprint density at radius 2 is 1.78 bits per heavy atom. The Morgan fingerprint density at radius 1 is 1.00 bits per heavy atom. The van der Waals surface area contributed by atoms with E-state index in [1.165, 1.54) is 12.8 Å². The maximum Gasteiger partial charge on any atom is 0.244 e. The highest BCUT2D eigenvalue weighted by Gasteiger charge is 2.19. The van der Waals surface area contributed by atoms with Gasteiger partial charge >= 0.3 is 0 Å². The quantitative estimate of drug-likeness (QED) is 0.707. The third-order valence-corrected chi connectivity index (χ3v) is 5.14. The van der Waals surface area contributed by atoms with Crippen molar-refractivity contribution in [2.75, 3.05) is 29.9 Å². The van der Waals surface area contributed by atoms with Crippen LogP contribution in [0, 0.1) is 13.8 Å². The molecule has 9 heteroatoms. The van der Waals surface area contributed by atoms with Crippen molar-refractivity contribution in [3.63, 3.8) is 0 Å². The Hall–Kier alpha value is -2.71. The van der Waals surface area contributed by atoms with Crippen molar-refractivity contribution >= 4 is 17.7 Å². The van der Waals surface area contributed by atoms with Crippen LogP contribution < -0.4 is 10.2 Å². The summed E-state index contributed by atoms with van der Waals surface area (Å²) in [4.78, 5) is 21.0. The third-order valence-electron chi connectivity index (χ3n) is 5.14. The van der Waals surface area contributed by atoms with E-state index in [1.54, 1.807) is 0 Å². The number of rotatable bonds is 6. The van der Waals surface area contributed by atoms with E-state index >= 15 is 0 Å². The Morgan fingerprint density at radius 3 is 2.52 bits per heavy atom. The molecule has 1 saturated heterocycles. The summed E-state index contributed by atoms with van der Waals surface area (Å²) >= 11 is 0. The number of hydrogen-bond acceptors (Lipinski definition) is 7. The molecule has 0 spiro atoms. The van der Waals surface area contributed by atoms with Gasteiger partial charge in [-0.1, -0.05) is 0 Å². The fraction of sp³-hybridized carbons (Fsp3) is 0.611. The van der Waals surface area contributed by atoms with Crippen molar-refractivity contribution in [3.05, 3.63) is 23.0 Å². The minimum Gasteiger partial charge on any atom is -0.356 e. The van der Waals surface area contributed by atoms with Crippen molar-refractivity contribution in [2.45, 2.75) is 46.5 Å².